The summed E-state index contributed by atoms with van der Waals surface area (Å²) in [4.78, 5) is 12.1. The Morgan fingerprint density at radius 3 is 2.50 bits per heavy atom. The van der Waals surface area contributed by atoms with Gasteiger partial charge in [0, 0.05) is 12.8 Å². The lowest BCUT2D eigenvalue weighted by Crippen LogP contribution is -2.30. The molecule has 2 aromatic rings. The Hall–Kier alpha value is -2.89. The highest BCUT2D eigenvalue weighted by Crippen LogP contribution is 2.30. The molecule has 134 valence electrons. The second kappa shape index (κ2) is 7.56. The number of amides is 1. The molecule has 3 nitrogen and oxygen atoms in total. The minimum atomic E-state index is -4.41. The zero-order chi connectivity index (χ0) is 18.6. The second-order valence-corrected chi connectivity index (χ2v) is 5.98. The van der Waals surface area contributed by atoms with Gasteiger partial charge in [0.1, 0.15) is 0 Å². The van der Waals surface area contributed by atoms with Gasteiger partial charge in [-0.05, 0) is 29.3 Å². The Bertz CT molecular complexity index is 842. The van der Waals surface area contributed by atoms with Crippen LogP contribution in [0.3, 0.4) is 0 Å². The van der Waals surface area contributed by atoms with Crippen LogP contribution in [0.5, 0.6) is 0 Å². The molecule has 0 fully saturated rings. The highest BCUT2D eigenvalue weighted by Gasteiger charge is 2.30. The minimum Gasteiger partial charge on any atom is -0.273 e. The van der Waals surface area contributed by atoms with Gasteiger partial charge in [0.15, 0.2) is 0 Å². The van der Waals surface area contributed by atoms with Gasteiger partial charge in [-0.15, -0.1) is 0 Å². The summed E-state index contributed by atoms with van der Waals surface area (Å²) in [7, 11) is 0. The van der Waals surface area contributed by atoms with Gasteiger partial charge >= 0.3 is 6.18 Å². The number of allylic oxidation sites excluding steroid dienone is 1. The van der Waals surface area contributed by atoms with E-state index < -0.39 is 11.7 Å². The lowest BCUT2D eigenvalue weighted by molar-refractivity contribution is -0.137. The molecule has 6 heteroatoms. The third-order valence-electron chi connectivity index (χ3n) is 3.99. The molecule has 1 amide bonds. The van der Waals surface area contributed by atoms with Gasteiger partial charge < -0.3 is 0 Å². The van der Waals surface area contributed by atoms with Crippen molar-refractivity contribution < 1.29 is 18.0 Å². The number of carbonyl (C=O) groups excluding carboxylic acids is 1. The molecular weight excluding hydrogens is 341 g/mol. The highest BCUT2D eigenvalue weighted by atomic mass is 19.4. The minimum absolute atomic E-state index is 0.0193. The molecule has 0 aromatic heterocycles. The van der Waals surface area contributed by atoms with Crippen LogP contribution in [0.15, 0.2) is 65.8 Å². The van der Waals surface area contributed by atoms with Crippen LogP contribution in [0, 0.1) is 0 Å². The van der Waals surface area contributed by atoms with Crippen LogP contribution in [0.25, 0.3) is 6.08 Å². The largest absolute Gasteiger partial charge is 0.416 e. The van der Waals surface area contributed by atoms with Crippen molar-refractivity contribution >= 4 is 17.7 Å². The maximum Gasteiger partial charge on any atom is 0.416 e. The number of nitrogens with zero attached hydrogens (tertiary/aromatic N) is 2. The van der Waals surface area contributed by atoms with Crippen molar-refractivity contribution in [3.63, 3.8) is 0 Å². The Morgan fingerprint density at radius 1 is 1.00 bits per heavy atom. The van der Waals surface area contributed by atoms with Crippen LogP contribution in [0.1, 0.15) is 29.5 Å². The van der Waals surface area contributed by atoms with Gasteiger partial charge in [-0.2, -0.15) is 18.3 Å². The van der Waals surface area contributed by atoms with E-state index in [2.05, 4.69) is 5.10 Å². The molecule has 1 aliphatic heterocycles. The van der Waals surface area contributed by atoms with Gasteiger partial charge in [-0.1, -0.05) is 48.5 Å². The molecule has 0 atom stereocenters. The van der Waals surface area contributed by atoms with Gasteiger partial charge in [0.05, 0.1) is 17.8 Å². The second-order valence-electron chi connectivity index (χ2n) is 5.98. The zero-order valence-electron chi connectivity index (χ0n) is 13.9. The van der Waals surface area contributed by atoms with Crippen molar-refractivity contribution in [1.29, 1.82) is 0 Å². The van der Waals surface area contributed by atoms with Gasteiger partial charge in [-0.3, -0.25) is 4.79 Å². The molecule has 0 spiro atoms. The molecule has 0 bridgehead atoms. The molecule has 0 saturated carbocycles. The molecule has 1 aliphatic rings. The third-order valence-corrected chi connectivity index (χ3v) is 3.99. The molecular formula is C20H17F3N2O. The molecule has 0 N–H and O–H groups in total. The number of hydrazone groups is 1. The smallest absolute Gasteiger partial charge is 0.273 e. The maximum absolute atomic E-state index is 12.8. The van der Waals surface area contributed by atoms with E-state index in [9.17, 15) is 18.0 Å². The first kappa shape index (κ1) is 17.9. The first-order valence-corrected chi connectivity index (χ1v) is 8.19. The molecule has 0 unspecified atom stereocenters. The number of alkyl halides is 3. The Morgan fingerprint density at radius 2 is 1.77 bits per heavy atom. The number of hydrogen-bond donors (Lipinski definition) is 0. The van der Waals surface area contributed by atoms with Crippen LogP contribution in [0.4, 0.5) is 13.2 Å². The van der Waals surface area contributed by atoms with E-state index in [1.54, 1.807) is 6.07 Å². The fourth-order valence-electron chi connectivity index (χ4n) is 2.64. The molecule has 0 radical (unpaired) electrons. The number of benzene rings is 2. The van der Waals surface area contributed by atoms with E-state index in [0.29, 0.717) is 12.0 Å². The van der Waals surface area contributed by atoms with Crippen molar-refractivity contribution in [3.05, 3.63) is 77.4 Å². The SMILES string of the molecule is O=C1CCC(/C=C/c2ccccc2)=NN1Cc1cccc(C(F)(F)F)c1. The Labute approximate surface area is 149 Å². The molecule has 0 saturated heterocycles. The molecule has 2 aromatic carbocycles. The summed E-state index contributed by atoms with van der Waals surface area (Å²) in [5, 5.41) is 5.54. The van der Waals surface area contributed by atoms with E-state index in [1.807, 2.05) is 42.5 Å². The number of halogens is 3. The van der Waals surface area contributed by atoms with Gasteiger partial charge in [0.25, 0.3) is 0 Å². The summed E-state index contributed by atoms with van der Waals surface area (Å²) in [6.45, 7) is 0.0193. The quantitative estimate of drug-likeness (QED) is 0.765. The zero-order valence-corrected chi connectivity index (χ0v) is 13.9. The van der Waals surface area contributed by atoms with Crippen molar-refractivity contribution in [2.75, 3.05) is 0 Å². The predicted octanol–water partition coefficient (Wildman–Crippen LogP) is 4.90. The van der Waals surface area contributed by atoms with Crippen molar-refractivity contribution in [3.8, 4) is 0 Å². The summed E-state index contributed by atoms with van der Waals surface area (Å²) in [6.07, 6.45) is 0.130. The van der Waals surface area contributed by atoms with Crippen LogP contribution >= 0.6 is 0 Å². The van der Waals surface area contributed by atoms with E-state index in [4.69, 9.17) is 0 Å². The van der Waals surface area contributed by atoms with Gasteiger partial charge in [-0.25, -0.2) is 5.01 Å². The Balaban J connectivity index is 1.76. The lowest BCUT2D eigenvalue weighted by atomic mass is 10.1. The van der Waals surface area contributed by atoms with E-state index in [-0.39, 0.29) is 18.9 Å². The maximum atomic E-state index is 12.8. The molecule has 26 heavy (non-hydrogen) atoms. The van der Waals surface area contributed by atoms with Crippen LogP contribution in [0.2, 0.25) is 0 Å². The first-order chi connectivity index (χ1) is 12.4. The summed E-state index contributed by atoms with van der Waals surface area (Å²) in [5.74, 6) is -0.195. The topological polar surface area (TPSA) is 32.7 Å². The monoisotopic (exact) mass is 358 g/mol. The first-order valence-electron chi connectivity index (χ1n) is 8.19. The van der Waals surface area contributed by atoms with E-state index in [0.717, 1.165) is 23.4 Å². The van der Waals surface area contributed by atoms with Gasteiger partial charge in [0.2, 0.25) is 5.91 Å². The normalized spacial score (nSPS) is 15.4. The lowest BCUT2D eigenvalue weighted by Gasteiger charge is -2.23. The highest BCUT2D eigenvalue weighted by molar-refractivity contribution is 6.02. The molecule has 1 heterocycles. The predicted molar refractivity (Wildman–Crippen MR) is 94.1 cm³/mol. The average Bonchev–Trinajstić information content (AvgIpc) is 2.63. The summed E-state index contributed by atoms with van der Waals surface area (Å²) < 4.78 is 38.5. The van der Waals surface area contributed by atoms with Crippen LogP contribution < -0.4 is 0 Å². The van der Waals surface area contributed by atoms with Crippen LogP contribution in [-0.4, -0.2) is 16.6 Å². The van der Waals surface area contributed by atoms with Crippen molar-refractivity contribution in [2.45, 2.75) is 25.6 Å². The summed E-state index contributed by atoms with van der Waals surface area (Å²) in [5.41, 5.74) is 1.40. The molecule has 0 aliphatic carbocycles. The van der Waals surface area contributed by atoms with Crippen molar-refractivity contribution in [2.24, 2.45) is 5.10 Å². The number of carbonyl (C=O) groups is 1. The standard InChI is InChI=1S/C20H17F3N2O/c21-20(22,23)17-8-4-7-16(13-17)14-25-19(26)12-11-18(24-25)10-9-15-5-2-1-3-6-15/h1-10,13H,11-12,14H2/b10-9+. The fraction of sp³-hybridized carbons (Fsp3) is 0.200. The number of rotatable bonds is 4. The van der Waals surface area contributed by atoms with E-state index in [1.165, 1.54) is 11.1 Å². The summed E-state index contributed by atoms with van der Waals surface area (Å²) >= 11 is 0. The fourth-order valence-corrected chi connectivity index (χ4v) is 2.64. The number of hydrogen-bond acceptors (Lipinski definition) is 2. The average molecular weight is 358 g/mol. The van der Waals surface area contributed by atoms with Crippen LogP contribution in [-0.2, 0) is 17.5 Å². The molecule has 3 rings (SSSR count). The summed E-state index contributed by atoms with van der Waals surface area (Å²) in [6, 6.07) is 14.6. The van der Waals surface area contributed by atoms with Crippen molar-refractivity contribution in [1.82, 2.24) is 5.01 Å². The van der Waals surface area contributed by atoms with E-state index >= 15 is 0 Å². The Kier molecular flexibility index (Phi) is 5.21. The third kappa shape index (κ3) is 4.59.